The lowest BCUT2D eigenvalue weighted by molar-refractivity contribution is 0.100. The first kappa shape index (κ1) is 21.8. The van der Waals surface area contributed by atoms with Crippen molar-refractivity contribution in [3.8, 4) is 0 Å². The van der Waals surface area contributed by atoms with Crippen LogP contribution in [-0.2, 0) is 19.7 Å². The molecule has 0 spiro atoms. The smallest absolute Gasteiger partial charge is 0.280 e. The Morgan fingerprint density at radius 3 is 2.31 bits per heavy atom. The van der Waals surface area contributed by atoms with Crippen LogP contribution in [0.15, 0.2) is 45.6 Å². The highest BCUT2D eigenvalue weighted by molar-refractivity contribution is 7.94. The first-order chi connectivity index (χ1) is 11.9. The molecule has 8 nitrogen and oxygen atoms in total. The topological polar surface area (TPSA) is 150 Å². The van der Waals surface area contributed by atoms with E-state index in [4.69, 9.17) is 11.5 Å². The number of guanidine groups is 1. The van der Waals surface area contributed by atoms with Crippen LogP contribution < -0.4 is 11.5 Å². The van der Waals surface area contributed by atoms with Gasteiger partial charge in [0.2, 0.25) is 0 Å². The summed E-state index contributed by atoms with van der Waals surface area (Å²) in [7, 11) is -7.94. The summed E-state index contributed by atoms with van der Waals surface area (Å²) in [6.45, 7) is 5.46. The summed E-state index contributed by atoms with van der Waals surface area (Å²) in [4.78, 5) is 14.4. The van der Waals surface area contributed by atoms with E-state index in [1.165, 1.54) is 12.1 Å². The Labute approximate surface area is 153 Å². The van der Waals surface area contributed by atoms with Crippen molar-refractivity contribution >= 4 is 31.5 Å². The first-order valence-electron chi connectivity index (χ1n) is 7.79. The quantitative estimate of drug-likeness (QED) is 0.375. The molecule has 1 unspecified atom stereocenters. The van der Waals surface area contributed by atoms with Crippen LogP contribution in [0, 0.1) is 0 Å². The summed E-state index contributed by atoms with van der Waals surface area (Å²) in [5.41, 5.74) is 10.1. The maximum Gasteiger partial charge on any atom is 0.280 e. The van der Waals surface area contributed by atoms with Gasteiger partial charge in [0.05, 0.1) is 15.0 Å². The van der Waals surface area contributed by atoms with Crippen LogP contribution in [0.25, 0.3) is 0 Å². The minimum atomic E-state index is -4.00. The average Bonchev–Trinajstić information content (AvgIpc) is 2.53. The third-order valence-electron chi connectivity index (χ3n) is 3.63. The van der Waals surface area contributed by atoms with Crippen LogP contribution >= 0.6 is 0 Å². The van der Waals surface area contributed by atoms with Gasteiger partial charge in [0, 0.05) is 11.8 Å². The standard InChI is InChI=1S/C16H23N3O5S2/c1-4-6-7-12(5-2)26(23,24)13-9-8-11(15(20)19-16(17)18)10-14(13)25(3,21)22/h5,8-10,12H,2,4,6-7H2,1,3H3,(H4,17,18,19,20). The third-order valence-corrected chi connectivity index (χ3v) is 7.09. The van der Waals surface area contributed by atoms with Gasteiger partial charge in [0.1, 0.15) is 0 Å². The van der Waals surface area contributed by atoms with E-state index in [1.807, 2.05) is 6.92 Å². The second kappa shape index (κ2) is 8.45. The zero-order valence-corrected chi connectivity index (χ0v) is 16.3. The molecule has 0 saturated carbocycles. The zero-order chi connectivity index (χ0) is 20.1. The molecule has 1 rings (SSSR count). The highest BCUT2D eigenvalue weighted by Crippen LogP contribution is 2.28. The SMILES string of the molecule is C=CC(CCCC)S(=O)(=O)c1ccc(C(=O)N=C(N)N)cc1S(C)(=O)=O. The first-order valence-corrected chi connectivity index (χ1v) is 11.2. The number of hydrogen-bond acceptors (Lipinski definition) is 5. The second-order valence-corrected chi connectivity index (χ2v) is 9.86. The van der Waals surface area contributed by atoms with Gasteiger partial charge in [-0.15, -0.1) is 6.58 Å². The van der Waals surface area contributed by atoms with Gasteiger partial charge in [-0.05, 0) is 24.6 Å². The number of aliphatic imine (C=N–C) groups is 1. The van der Waals surface area contributed by atoms with Crippen molar-refractivity contribution in [2.45, 2.75) is 41.2 Å². The Morgan fingerprint density at radius 1 is 1.23 bits per heavy atom. The van der Waals surface area contributed by atoms with Crippen LogP contribution in [0.3, 0.4) is 0 Å². The molecular formula is C16H23N3O5S2. The fraction of sp³-hybridized carbons (Fsp3) is 0.375. The van der Waals surface area contributed by atoms with Gasteiger partial charge in [-0.2, -0.15) is 4.99 Å². The number of carbonyl (C=O) groups excluding carboxylic acids is 1. The fourth-order valence-electron chi connectivity index (χ4n) is 2.32. The summed E-state index contributed by atoms with van der Waals surface area (Å²) < 4.78 is 50.1. The molecule has 1 amide bonds. The predicted molar refractivity (Wildman–Crippen MR) is 100 cm³/mol. The second-order valence-electron chi connectivity index (χ2n) is 5.74. The number of sulfone groups is 2. The number of nitrogens with zero attached hydrogens (tertiary/aromatic N) is 1. The van der Waals surface area contributed by atoms with Crippen molar-refractivity contribution in [2.24, 2.45) is 16.5 Å². The molecular weight excluding hydrogens is 378 g/mol. The van der Waals surface area contributed by atoms with Gasteiger partial charge in [-0.1, -0.05) is 25.8 Å². The Morgan fingerprint density at radius 2 is 1.85 bits per heavy atom. The van der Waals surface area contributed by atoms with Crippen LogP contribution in [0.4, 0.5) is 0 Å². The van der Waals surface area contributed by atoms with E-state index in [2.05, 4.69) is 11.6 Å². The summed E-state index contributed by atoms with van der Waals surface area (Å²) in [5.74, 6) is -1.36. The molecule has 10 heteroatoms. The molecule has 0 aromatic heterocycles. The summed E-state index contributed by atoms with van der Waals surface area (Å²) in [5, 5.41) is -0.929. The average molecular weight is 402 g/mol. The van der Waals surface area contributed by atoms with Gasteiger partial charge in [0.15, 0.2) is 25.6 Å². The van der Waals surface area contributed by atoms with Gasteiger partial charge in [-0.25, -0.2) is 16.8 Å². The molecule has 26 heavy (non-hydrogen) atoms. The Kier molecular flexibility index (Phi) is 7.10. The maximum atomic E-state index is 12.9. The van der Waals surface area contributed by atoms with Crippen molar-refractivity contribution in [3.05, 3.63) is 36.4 Å². The molecule has 0 aliphatic rings. The van der Waals surface area contributed by atoms with Gasteiger partial charge >= 0.3 is 0 Å². The monoisotopic (exact) mass is 401 g/mol. The van der Waals surface area contributed by atoms with Crippen LogP contribution in [0.5, 0.6) is 0 Å². The van der Waals surface area contributed by atoms with E-state index >= 15 is 0 Å². The lowest BCUT2D eigenvalue weighted by Crippen LogP contribution is -2.24. The number of amides is 1. The normalized spacial score (nSPS) is 13.0. The fourth-order valence-corrected chi connectivity index (χ4v) is 5.55. The zero-order valence-electron chi connectivity index (χ0n) is 14.7. The van der Waals surface area contributed by atoms with Crippen LogP contribution in [0.1, 0.15) is 36.5 Å². The molecule has 0 radical (unpaired) electrons. The summed E-state index contributed by atoms with van der Waals surface area (Å²) in [6.07, 6.45) is 3.90. The summed E-state index contributed by atoms with van der Waals surface area (Å²) >= 11 is 0. The maximum absolute atomic E-state index is 12.9. The van der Waals surface area contributed by atoms with E-state index < -0.39 is 41.7 Å². The van der Waals surface area contributed by atoms with Crippen molar-refractivity contribution in [1.29, 1.82) is 0 Å². The molecule has 0 heterocycles. The third kappa shape index (κ3) is 5.15. The molecule has 0 aliphatic carbocycles. The molecule has 144 valence electrons. The minimum Gasteiger partial charge on any atom is -0.370 e. The van der Waals surface area contributed by atoms with E-state index in [9.17, 15) is 21.6 Å². The molecule has 0 saturated heterocycles. The Hall–Kier alpha value is -2.20. The van der Waals surface area contributed by atoms with Crippen LogP contribution in [0.2, 0.25) is 0 Å². The van der Waals surface area contributed by atoms with E-state index in [1.54, 1.807) is 0 Å². The predicted octanol–water partition coefficient (Wildman–Crippen LogP) is 1.02. The number of nitrogens with two attached hydrogens (primary N) is 2. The van der Waals surface area contributed by atoms with E-state index in [0.717, 1.165) is 24.8 Å². The van der Waals surface area contributed by atoms with Gasteiger partial charge in [-0.3, -0.25) is 4.79 Å². The van der Waals surface area contributed by atoms with Gasteiger partial charge in [0.25, 0.3) is 5.91 Å². The highest BCUT2D eigenvalue weighted by atomic mass is 32.2. The Balaban J connectivity index is 3.60. The molecule has 0 fully saturated rings. The molecule has 1 aromatic carbocycles. The number of rotatable bonds is 8. The lowest BCUT2D eigenvalue weighted by Gasteiger charge is -2.16. The number of unbranched alkanes of at least 4 members (excludes halogenated alkanes) is 1. The molecule has 0 aliphatic heterocycles. The number of benzene rings is 1. The van der Waals surface area contributed by atoms with E-state index in [0.29, 0.717) is 12.8 Å². The Bertz CT molecular complexity index is 931. The van der Waals surface area contributed by atoms with Crippen molar-refractivity contribution in [3.63, 3.8) is 0 Å². The number of hydrogen-bond donors (Lipinski definition) is 2. The lowest BCUT2D eigenvalue weighted by atomic mass is 10.2. The van der Waals surface area contributed by atoms with Crippen molar-refractivity contribution in [1.82, 2.24) is 0 Å². The van der Waals surface area contributed by atoms with Crippen molar-refractivity contribution in [2.75, 3.05) is 6.26 Å². The molecule has 1 atom stereocenters. The van der Waals surface area contributed by atoms with Crippen molar-refractivity contribution < 1.29 is 21.6 Å². The molecule has 0 bridgehead atoms. The van der Waals surface area contributed by atoms with Crippen LogP contribution in [-0.4, -0.2) is 40.2 Å². The van der Waals surface area contributed by atoms with Gasteiger partial charge < -0.3 is 11.5 Å². The minimum absolute atomic E-state index is 0.138. The largest absolute Gasteiger partial charge is 0.370 e. The molecule has 1 aromatic rings. The number of carbonyl (C=O) groups is 1. The van der Waals surface area contributed by atoms with E-state index in [-0.39, 0.29) is 10.5 Å². The summed E-state index contributed by atoms with van der Waals surface area (Å²) in [6, 6.07) is 3.23. The highest BCUT2D eigenvalue weighted by Gasteiger charge is 2.30. The molecule has 4 N–H and O–H groups in total.